The minimum absolute atomic E-state index is 0.439. The standard InChI is InChI=1S/C12H5ClNO2/c13-9-5-4-8-10-6(9)2-1-3-7(10)11(15)14-12(8)16/h1-5H. The zero-order chi connectivity index (χ0) is 11.3. The fraction of sp³-hybridized carbons (Fsp3) is 0. The van der Waals surface area contributed by atoms with Crippen molar-refractivity contribution in [1.82, 2.24) is 5.32 Å². The summed E-state index contributed by atoms with van der Waals surface area (Å²) >= 11 is 6.02. The summed E-state index contributed by atoms with van der Waals surface area (Å²) in [7, 11) is 0. The predicted molar refractivity (Wildman–Crippen MR) is 59.8 cm³/mol. The summed E-state index contributed by atoms with van der Waals surface area (Å²) in [6.45, 7) is 0. The molecule has 3 rings (SSSR count). The molecule has 0 unspecified atom stereocenters. The first-order valence-electron chi connectivity index (χ1n) is 4.70. The first kappa shape index (κ1) is 9.36. The van der Waals surface area contributed by atoms with Crippen LogP contribution in [-0.4, -0.2) is 11.8 Å². The van der Waals surface area contributed by atoms with Gasteiger partial charge in [0.1, 0.15) is 0 Å². The summed E-state index contributed by atoms with van der Waals surface area (Å²) in [6, 6.07) is 8.42. The average molecular weight is 231 g/mol. The highest BCUT2D eigenvalue weighted by atomic mass is 35.5. The van der Waals surface area contributed by atoms with E-state index in [1.54, 1.807) is 30.3 Å². The summed E-state index contributed by atoms with van der Waals surface area (Å²) in [5, 5.41) is 5.32. The van der Waals surface area contributed by atoms with Crippen LogP contribution in [0.2, 0.25) is 5.02 Å². The lowest BCUT2D eigenvalue weighted by Crippen LogP contribution is -2.28. The number of benzene rings is 2. The van der Waals surface area contributed by atoms with E-state index in [-0.39, 0.29) is 0 Å². The zero-order valence-electron chi connectivity index (χ0n) is 8.03. The molecule has 0 saturated carbocycles. The normalized spacial score (nSPS) is 14.1. The highest BCUT2D eigenvalue weighted by molar-refractivity contribution is 6.38. The number of hydrogen-bond donors (Lipinski definition) is 0. The van der Waals surface area contributed by atoms with Crippen LogP contribution in [-0.2, 0) is 0 Å². The molecule has 0 aromatic heterocycles. The van der Waals surface area contributed by atoms with E-state index in [0.717, 1.165) is 0 Å². The van der Waals surface area contributed by atoms with Gasteiger partial charge in [-0.25, -0.2) is 0 Å². The van der Waals surface area contributed by atoms with Crippen LogP contribution in [0.4, 0.5) is 0 Å². The molecular formula is C12H5ClNO2. The van der Waals surface area contributed by atoms with E-state index < -0.39 is 11.8 Å². The second-order valence-corrected chi connectivity index (χ2v) is 3.95. The van der Waals surface area contributed by atoms with Crippen molar-refractivity contribution in [3.8, 4) is 0 Å². The van der Waals surface area contributed by atoms with Gasteiger partial charge < -0.3 is 0 Å². The molecule has 1 heterocycles. The third-order valence-corrected chi connectivity index (χ3v) is 2.98. The van der Waals surface area contributed by atoms with Gasteiger partial charge in [0.25, 0.3) is 11.8 Å². The van der Waals surface area contributed by atoms with E-state index in [0.29, 0.717) is 26.9 Å². The van der Waals surface area contributed by atoms with Crippen LogP contribution in [0.1, 0.15) is 20.7 Å². The van der Waals surface area contributed by atoms with Crippen LogP contribution in [0.3, 0.4) is 0 Å². The van der Waals surface area contributed by atoms with E-state index in [2.05, 4.69) is 5.32 Å². The minimum atomic E-state index is -0.495. The molecule has 0 N–H and O–H groups in total. The highest BCUT2D eigenvalue weighted by Crippen LogP contribution is 2.31. The second kappa shape index (κ2) is 3.06. The Morgan fingerprint density at radius 2 is 1.62 bits per heavy atom. The van der Waals surface area contributed by atoms with Gasteiger partial charge in [-0.2, -0.15) is 5.32 Å². The molecule has 0 spiro atoms. The van der Waals surface area contributed by atoms with Crippen molar-refractivity contribution in [2.45, 2.75) is 0 Å². The summed E-state index contributed by atoms with van der Waals surface area (Å²) < 4.78 is 0. The molecule has 2 amide bonds. The average Bonchev–Trinajstić information content (AvgIpc) is 2.27. The zero-order valence-corrected chi connectivity index (χ0v) is 8.78. The molecule has 0 atom stereocenters. The molecule has 3 nitrogen and oxygen atoms in total. The monoisotopic (exact) mass is 230 g/mol. The van der Waals surface area contributed by atoms with Gasteiger partial charge in [0.2, 0.25) is 0 Å². The molecule has 1 radical (unpaired) electrons. The Morgan fingerprint density at radius 3 is 2.38 bits per heavy atom. The molecule has 0 saturated heterocycles. The molecule has 16 heavy (non-hydrogen) atoms. The largest absolute Gasteiger partial charge is 0.281 e. The van der Waals surface area contributed by atoms with Gasteiger partial charge >= 0.3 is 0 Å². The highest BCUT2D eigenvalue weighted by Gasteiger charge is 2.26. The van der Waals surface area contributed by atoms with Crippen LogP contribution < -0.4 is 5.32 Å². The Bertz CT molecular complexity index is 629. The summed E-state index contributed by atoms with van der Waals surface area (Å²) in [6.07, 6.45) is 0. The van der Waals surface area contributed by atoms with Crippen molar-refractivity contribution in [2.75, 3.05) is 0 Å². The molecule has 0 fully saturated rings. The van der Waals surface area contributed by atoms with Gasteiger partial charge in [-0.05, 0) is 18.2 Å². The Kier molecular flexibility index (Phi) is 1.79. The van der Waals surface area contributed by atoms with Crippen LogP contribution in [0.5, 0.6) is 0 Å². The smallest absolute Gasteiger partial charge is 0.267 e. The van der Waals surface area contributed by atoms with E-state index >= 15 is 0 Å². The maximum absolute atomic E-state index is 11.6. The van der Waals surface area contributed by atoms with Crippen molar-refractivity contribution in [2.24, 2.45) is 0 Å². The fourth-order valence-electron chi connectivity index (χ4n) is 1.94. The van der Waals surface area contributed by atoms with Gasteiger partial charge in [-0.1, -0.05) is 23.7 Å². The number of carbonyl (C=O) groups excluding carboxylic acids is 2. The van der Waals surface area contributed by atoms with Crippen LogP contribution >= 0.6 is 11.6 Å². The molecule has 2 aromatic carbocycles. The number of rotatable bonds is 0. The van der Waals surface area contributed by atoms with Crippen molar-refractivity contribution in [3.05, 3.63) is 46.5 Å². The SMILES string of the molecule is O=C1[N]C(=O)c2ccc(Cl)c3cccc1c23. The number of hydrogen-bond acceptors (Lipinski definition) is 2. The van der Waals surface area contributed by atoms with Crippen molar-refractivity contribution in [3.63, 3.8) is 0 Å². The number of amides is 2. The summed E-state index contributed by atoms with van der Waals surface area (Å²) in [5.41, 5.74) is 0.879. The lowest BCUT2D eigenvalue weighted by atomic mass is 9.95. The van der Waals surface area contributed by atoms with E-state index in [1.807, 2.05) is 0 Å². The van der Waals surface area contributed by atoms with Crippen LogP contribution in [0.25, 0.3) is 10.8 Å². The quantitative estimate of drug-likeness (QED) is 0.653. The lowest BCUT2D eigenvalue weighted by molar-refractivity contribution is 0.0838. The third-order valence-electron chi connectivity index (χ3n) is 2.65. The number of halogens is 1. The molecule has 0 aliphatic carbocycles. The van der Waals surface area contributed by atoms with Crippen LogP contribution in [0.15, 0.2) is 30.3 Å². The van der Waals surface area contributed by atoms with Crippen LogP contribution in [0, 0.1) is 0 Å². The number of nitrogens with zero attached hydrogens (tertiary/aromatic N) is 1. The van der Waals surface area contributed by atoms with Gasteiger partial charge in [0.15, 0.2) is 0 Å². The maximum Gasteiger partial charge on any atom is 0.281 e. The fourth-order valence-corrected chi connectivity index (χ4v) is 2.16. The van der Waals surface area contributed by atoms with Crippen molar-refractivity contribution < 1.29 is 9.59 Å². The first-order chi connectivity index (χ1) is 7.68. The summed E-state index contributed by atoms with van der Waals surface area (Å²) in [5.74, 6) is -0.990. The molecule has 77 valence electrons. The van der Waals surface area contributed by atoms with Crippen molar-refractivity contribution in [1.29, 1.82) is 0 Å². The molecule has 1 aliphatic rings. The van der Waals surface area contributed by atoms with E-state index in [1.165, 1.54) is 0 Å². The first-order valence-corrected chi connectivity index (χ1v) is 5.08. The molecule has 2 aromatic rings. The molecule has 0 bridgehead atoms. The Hall–Kier alpha value is -1.87. The molecule has 4 heteroatoms. The number of carbonyl (C=O) groups is 2. The topological polar surface area (TPSA) is 48.2 Å². The van der Waals surface area contributed by atoms with Gasteiger partial charge in [0, 0.05) is 15.8 Å². The lowest BCUT2D eigenvalue weighted by Gasteiger charge is -2.14. The maximum atomic E-state index is 11.6. The molecule has 1 aliphatic heterocycles. The van der Waals surface area contributed by atoms with Gasteiger partial charge in [0.05, 0.1) is 11.1 Å². The number of imide groups is 1. The summed E-state index contributed by atoms with van der Waals surface area (Å²) in [4.78, 5) is 23.1. The molecular weight excluding hydrogens is 226 g/mol. The van der Waals surface area contributed by atoms with Gasteiger partial charge in [-0.3, -0.25) is 9.59 Å². The van der Waals surface area contributed by atoms with E-state index in [4.69, 9.17) is 11.6 Å². The van der Waals surface area contributed by atoms with Gasteiger partial charge in [-0.15, -0.1) is 0 Å². The van der Waals surface area contributed by atoms with Crippen molar-refractivity contribution >= 4 is 34.2 Å². The Morgan fingerprint density at radius 1 is 0.938 bits per heavy atom. The Labute approximate surface area is 96.0 Å². The second-order valence-electron chi connectivity index (χ2n) is 3.55. The minimum Gasteiger partial charge on any atom is -0.267 e. The third kappa shape index (κ3) is 1.09. The van der Waals surface area contributed by atoms with E-state index in [9.17, 15) is 9.59 Å². The Balaban J connectivity index is 2.57. The predicted octanol–water partition coefficient (Wildman–Crippen LogP) is 2.39.